The number of imide groups is 1. The van der Waals surface area contributed by atoms with Gasteiger partial charge in [0.2, 0.25) is 0 Å². The molecule has 3 aromatic carbocycles. The van der Waals surface area contributed by atoms with Gasteiger partial charge >= 0.3 is 0 Å². The first kappa shape index (κ1) is 26.7. The van der Waals surface area contributed by atoms with E-state index >= 15 is 0 Å². The van der Waals surface area contributed by atoms with E-state index in [0.717, 1.165) is 42.3 Å². The number of nitrogens with one attached hydrogen (secondary N) is 2. The van der Waals surface area contributed by atoms with Crippen molar-refractivity contribution in [3.63, 3.8) is 0 Å². The third-order valence-electron chi connectivity index (χ3n) is 7.17. The second-order valence-corrected chi connectivity index (χ2v) is 10.4. The van der Waals surface area contributed by atoms with Gasteiger partial charge in [0, 0.05) is 42.7 Å². The molecular weight excluding hydrogens is 490 g/mol. The summed E-state index contributed by atoms with van der Waals surface area (Å²) in [7, 11) is 1.76. The highest BCUT2D eigenvalue weighted by Gasteiger charge is 2.28. The van der Waals surface area contributed by atoms with Gasteiger partial charge in [-0.3, -0.25) is 19.8 Å². The number of ether oxygens (including phenoxy) is 2. The van der Waals surface area contributed by atoms with Gasteiger partial charge in [0.25, 0.3) is 11.8 Å². The highest BCUT2D eigenvalue weighted by molar-refractivity contribution is 6.31. The van der Waals surface area contributed by atoms with Crippen LogP contribution >= 0.6 is 0 Å². The Morgan fingerprint density at radius 3 is 2.44 bits per heavy atom. The smallest absolute Gasteiger partial charge is 0.260 e. The van der Waals surface area contributed by atoms with Crippen LogP contribution in [-0.4, -0.2) is 49.1 Å². The molecule has 2 aliphatic rings. The Kier molecular flexibility index (Phi) is 8.10. The van der Waals surface area contributed by atoms with Gasteiger partial charge in [0.05, 0.1) is 18.3 Å². The van der Waals surface area contributed by atoms with Crippen LogP contribution in [0.4, 0.5) is 5.69 Å². The third kappa shape index (κ3) is 6.21. The van der Waals surface area contributed by atoms with E-state index < -0.39 is 11.8 Å². The minimum absolute atomic E-state index is 0.0962. The van der Waals surface area contributed by atoms with E-state index in [2.05, 4.69) is 27.7 Å². The summed E-state index contributed by atoms with van der Waals surface area (Å²) in [5, 5.41) is 5.70. The number of carbonyl (C=O) groups excluding carboxylic acids is 2. The molecule has 2 N–H and O–H groups in total. The maximum atomic E-state index is 12.8. The summed E-state index contributed by atoms with van der Waals surface area (Å²) in [6.07, 6.45) is 4.15. The van der Waals surface area contributed by atoms with Gasteiger partial charge < -0.3 is 14.8 Å². The van der Waals surface area contributed by atoms with Crippen LogP contribution in [0.25, 0.3) is 16.7 Å². The fraction of sp³-hybridized carbons (Fsp3) is 0.312. The van der Waals surface area contributed by atoms with Crippen LogP contribution in [0.5, 0.6) is 5.75 Å². The van der Waals surface area contributed by atoms with Crippen LogP contribution < -0.4 is 15.4 Å². The lowest BCUT2D eigenvalue weighted by Crippen LogP contribution is -2.36. The lowest BCUT2D eigenvalue weighted by molar-refractivity contribution is -0.114. The first-order valence-electron chi connectivity index (χ1n) is 13.5. The van der Waals surface area contributed by atoms with Crippen molar-refractivity contribution in [1.29, 1.82) is 0 Å². The third-order valence-corrected chi connectivity index (χ3v) is 7.17. The Morgan fingerprint density at radius 1 is 0.974 bits per heavy atom. The first-order valence-corrected chi connectivity index (χ1v) is 13.5. The van der Waals surface area contributed by atoms with E-state index in [9.17, 15) is 9.59 Å². The summed E-state index contributed by atoms with van der Waals surface area (Å²) >= 11 is 0. The lowest BCUT2D eigenvalue weighted by atomic mass is 9.91. The Hall–Kier alpha value is -3.94. The van der Waals surface area contributed by atoms with Crippen LogP contribution in [0.2, 0.25) is 0 Å². The van der Waals surface area contributed by atoms with Crippen molar-refractivity contribution in [3.05, 3.63) is 89.6 Å². The number of amides is 2. The Labute approximate surface area is 229 Å². The number of fused-ring (bicyclic) bond motifs is 1. The van der Waals surface area contributed by atoms with Gasteiger partial charge in [-0.1, -0.05) is 30.3 Å². The van der Waals surface area contributed by atoms with Gasteiger partial charge in [0.1, 0.15) is 5.75 Å². The highest BCUT2D eigenvalue weighted by Crippen LogP contribution is 2.31. The normalized spacial score (nSPS) is 18.4. The molecule has 7 nitrogen and oxygen atoms in total. The summed E-state index contributed by atoms with van der Waals surface area (Å²) in [5.74, 6) is -0.0163. The quantitative estimate of drug-likeness (QED) is 0.285. The zero-order valence-corrected chi connectivity index (χ0v) is 22.7. The maximum absolute atomic E-state index is 12.8. The van der Waals surface area contributed by atoms with Gasteiger partial charge in [-0.05, 0) is 86.3 Å². The molecule has 0 bridgehead atoms. The molecule has 0 aromatic heterocycles. The molecule has 202 valence electrons. The lowest BCUT2D eigenvalue weighted by Gasteiger charge is -2.23. The molecule has 2 heterocycles. The number of hydrogen-bond acceptors (Lipinski definition) is 6. The summed E-state index contributed by atoms with van der Waals surface area (Å²) in [6.45, 7) is 6.72. The number of anilines is 1. The molecule has 0 aliphatic carbocycles. The fourth-order valence-electron chi connectivity index (χ4n) is 5.23. The molecule has 0 saturated carbocycles. The summed E-state index contributed by atoms with van der Waals surface area (Å²) in [6, 6.07) is 22.1. The average Bonchev–Trinajstić information content (AvgIpc) is 3.36. The van der Waals surface area contributed by atoms with Crippen LogP contribution in [-0.2, 0) is 16.1 Å². The number of carbonyl (C=O) groups is 2. The van der Waals surface area contributed by atoms with Gasteiger partial charge in [-0.25, -0.2) is 0 Å². The molecule has 7 heteroatoms. The molecule has 1 atom stereocenters. The fourth-order valence-corrected chi connectivity index (χ4v) is 5.23. The SMILES string of the molecule is COC[C@@H]1CCCN1Cc1ccc(N/C=C2\C(=O)NC(=O)c3ccc(-c4ccc(OC(C)C)cc4)cc32)cc1. The Morgan fingerprint density at radius 2 is 1.72 bits per heavy atom. The van der Waals surface area contributed by atoms with Crippen molar-refractivity contribution >= 4 is 23.1 Å². The molecule has 0 spiro atoms. The molecule has 0 radical (unpaired) electrons. The minimum atomic E-state index is -0.423. The zero-order chi connectivity index (χ0) is 27.4. The van der Waals surface area contributed by atoms with Gasteiger partial charge in [-0.15, -0.1) is 0 Å². The second-order valence-electron chi connectivity index (χ2n) is 10.4. The maximum Gasteiger partial charge on any atom is 0.260 e. The zero-order valence-electron chi connectivity index (χ0n) is 22.7. The predicted molar refractivity (Wildman–Crippen MR) is 153 cm³/mol. The van der Waals surface area contributed by atoms with E-state index in [1.165, 1.54) is 18.4 Å². The number of likely N-dealkylation sites (tertiary alicyclic amines) is 1. The molecule has 39 heavy (non-hydrogen) atoms. The number of methoxy groups -OCH3 is 1. The van der Waals surface area contributed by atoms with Crippen molar-refractivity contribution in [1.82, 2.24) is 10.2 Å². The van der Waals surface area contributed by atoms with E-state index in [-0.39, 0.29) is 6.10 Å². The van der Waals surface area contributed by atoms with Gasteiger partial charge in [-0.2, -0.15) is 0 Å². The van der Waals surface area contributed by atoms with Crippen molar-refractivity contribution in [2.45, 2.75) is 45.4 Å². The average molecular weight is 526 g/mol. The molecule has 2 aliphatic heterocycles. The topological polar surface area (TPSA) is 79.9 Å². The van der Waals surface area contributed by atoms with E-state index in [4.69, 9.17) is 9.47 Å². The summed E-state index contributed by atoms with van der Waals surface area (Å²) in [5.41, 5.74) is 5.47. The molecule has 1 saturated heterocycles. The van der Waals surface area contributed by atoms with Crippen LogP contribution in [0, 0.1) is 0 Å². The van der Waals surface area contributed by atoms with Crippen LogP contribution in [0.15, 0.2) is 72.9 Å². The number of benzene rings is 3. The van der Waals surface area contributed by atoms with Gasteiger partial charge in [0.15, 0.2) is 0 Å². The van der Waals surface area contributed by atoms with Crippen molar-refractivity contribution in [2.75, 3.05) is 25.6 Å². The van der Waals surface area contributed by atoms with Crippen molar-refractivity contribution < 1.29 is 19.1 Å². The molecule has 1 fully saturated rings. The van der Waals surface area contributed by atoms with Crippen molar-refractivity contribution in [2.24, 2.45) is 0 Å². The molecule has 5 rings (SSSR count). The highest BCUT2D eigenvalue weighted by atomic mass is 16.5. The largest absolute Gasteiger partial charge is 0.491 e. The molecule has 3 aromatic rings. The Bertz CT molecular complexity index is 1360. The molecule has 0 unspecified atom stereocenters. The molecule has 2 amide bonds. The Balaban J connectivity index is 1.34. The first-order chi connectivity index (χ1) is 18.9. The standard InChI is InChI=1S/C32H35N3O4/c1-21(2)39-27-13-8-23(9-14-27)24-10-15-28-29(17-24)30(32(37)34-31(28)36)18-33-25-11-6-22(7-12-25)19-35-16-4-5-26(35)20-38-3/h6-15,17-18,21,26,33H,4-5,16,19-20H2,1-3H3,(H,34,36,37)/b30-18-/t26-/m0/s1. The number of rotatable bonds is 9. The number of nitrogens with zero attached hydrogens (tertiary/aromatic N) is 1. The van der Waals surface area contributed by atoms with Crippen LogP contribution in [0.1, 0.15) is 48.2 Å². The monoisotopic (exact) mass is 525 g/mol. The van der Waals surface area contributed by atoms with Crippen LogP contribution in [0.3, 0.4) is 0 Å². The van der Waals surface area contributed by atoms with E-state index in [1.54, 1.807) is 19.4 Å². The summed E-state index contributed by atoms with van der Waals surface area (Å²) < 4.78 is 11.1. The molecular formula is C32H35N3O4. The predicted octanol–water partition coefficient (Wildman–Crippen LogP) is 5.47. The van der Waals surface area contributed by atoms with E-state index in [0.29, 0.717) is 22.7 Å². The number of hydrogen-bond donors (Lipinski definition) is 2. The van der Waals surface area contributed by atoms with Crippen molar-refractivity contribution in [3.8, 4) is 16.9 Å². The summed E-state index contributed by atoms with van der Waals surface area (Å²) in [4.78, 5) is 27.9. The minimum Gasteiger partial charge on any atom is -0.491 e. The second kappa shape index (κ2) is 11.8. The van der Waals surface area contributed by atoms with E-state index in [1.807, 2.05) is 62.4 Å².